The third-order valence-corrected chi connectivity index (χ3v) is 9.64. The van der Waals surface area contributed by atoms with Gasteiger partial charge in [-0.2, -0.15) is 0 Å². The van der Waals surface area contributed by atoms with Crippen LogP contribution >= 0.6 is 7.82 Å². The molecule has 0 aromatic rings. The molecule has 2 N–H and O–H groups in total. The highest BCUT2D eigenvalue weighted by molar-refractivity contribution is 7.45. The molecule has 9 heteroatoms. The second kappa shape index (κ2) is 32.6. The van der Waals surface area contributed by atoms with E-state index in [1.165, 1.54) is 96.3 Å². The number of carbonyl (C=O) groups is 1. The number of rotatable bonds is 35. The van der Waals surface area contributed by atoms with Crippen LogP contribution in [-0.4, -0.2) is 68.5 Å². The molecule has 0 bridgehead atoms. The Morgan fingerprint density at radius 3 is 1.65 bits per heavy atom. The second-order valence-electron chi connectivity index (χ2n) is 14.6. The van der Waals surface area contributed by atoms with Crippen molar-refractivity contribution in [3.8, 4) is 0 Å². The van der Waals surface area contributed by atoms with Crippen molar-refractivity contribution in [2.24, 2.45) is 0 Å². The van der Waals surface area contributed by atoms with Crippen LogP contribution in [0.25, 0.3) is 0 Å². The smallest absolute Gasteiger partial charge is 0.268 e. The van der Waals surface area contributed by atoms with E-state index in [-0.39, 0.29) is 12.5 Å². The molecule has 0 radical (unpaired) electrons. The maximum absolute atomic E-state index is 12.8. The first kappa shape index (κ1) is 47.7. The zero-order valence-electron chi connectivity index (χ0n) is 32.4. The van der Waals surface area contributed by atoms with E-state index in [1.54, 1.807) is 6.08 Å². The minimum Gasteiger partial charge on any atom is -0.756 e. The molecule has 3 atom stereocenters. The van der Waals surface area contributed by atoms with Gasteiger partial charge in [-0.25, -0.2) is 0 Å². The molecule has 0 aliphatic carbocycles. The van der Waals surface area contributed by atoms with E-state index >= 15 is 0 Å². The van der Waals surface area contributed by atoms with Crippen molar-refractivity contribution in [3.63, 3.8) is 0 Å². The maximum Gasteiger partial charge on any atom is 0.268 e. The first-order valence-corrected chi connectivity index (χ1v) is 21.3. The van der Waals surface area contributed by atoms with Gasteiger partial charge in [0.15, 0.2) is 0 Å². The molecule has 0 aliphatic heterocycles. The Morgan fingerprint density at radius 1 is 0.735 bits per heavy atom. The number of quaternary nitrogens is 1. The van der Waals surface area contributed by atoms with Gasteiger partial charge >= 0.3 is 0 Å². The number of nitrogens with zero attached hydrogens (tertiary/aromatic N) is 1. The van der Waals surface area contributed by atoms with Gasteiger partial charge in [0.1, 0.15) is 13.2 Å². The van der Waals surface area contributed by atoms with Crippen LogP contribution in [0, 0.1) is 0 Å². The summed E-state index contributed by atoms with van der Waals surface area (Å²) in [5.41, 5.74) is 0. The molecule has 0 aromatic carbocycles. The Morgan fingerprint density at radius 2 is 1.18 bits per heavy atom. The van der Waals surface area contributed by atoms with Crippen LogP contribution in [0.2, 0.25) is 0 Å². The first-order chi connectivity index (χ1) is 23.5. The Bertz CT molecular complexity index is 902. The number of unbranched alkanes of at least 4 members (excludes halogenated alkanes) is 19. The van der Waals surface area contributed by atoms with Gasteiger partial charge < -0.3 is 28.8 Å². The van der Waals surface area contributed by atoms with E-state index in [9.17, 15) is 19.4 Å². The van der Waals surface area contributed by atoms with Gasteiger partial charge in [0.25, 0.3) is 7.82 Å². The van der Waals surface area contributed by atoms with E-state index in [0.29, 0.717) is 17.4 Å². The standard InChI is InChI=1S/C40H77N2O6P/c1-6-8-10-12-14-16-17-18-19-20-21-22-23-24-26-28-30-32-34-40(44)41-38(37-48-49(45,46)47-36-35-42(3,4)5)39(43)33-31-29-27-25-15-13-11-9-7-2/h7,9,15,25,31,33,38-39,43H,6,8,10-14,16-24,26-30,32,34-37H2,1-5H3,(H-,41,44,45,46)/b9-7+,25-15+,33-31+. The van der Waals surface area contributed by atoms with Crippen LogP contribution in [0.15, 0.2) is 36.5 Å². The SMILES string of the molecule is C/C=C/CC/C=C/CC/C=C/C(O)C(COP(=O)([O-])OCC[N+](C)(C)C)NC(=O)CCCCCCCCCCCCCCCCCCCC. The topological polar surface area (TPSA) is 108 Å². The third kappa shape index (κ3) is 34.9. The number of hydrogen-bond acceptors (Lipinski definition) is 6. The zero-order chi connectivity index (χ0) is 36.5. The summed E-state index contributed by atoms with van der Waals surface area (Å²) in [5.74, 6) is -0.215. The van der Waals surface area contributed by atoms with E-state index in [2.05, 4.69) is 30.5 Å². The molecule has 0 spiro atoms. The molecule has 8 nitrogen and oxygen atoms in total. The highest BCUT2D eigenvalue weighted by Gasteiger charge is 2.23. The summed E-state index contributed by atoms with van der Waals surface area (Å²) in [6, 6.07) is -0.903. The lowest BCUT2D eigenvalue weighted by molar-refractivity contribution is -0.870. The van der Waals surface area contributed by atoms with Crippen molar-refractivity contribution in [1.82, 2.24) is 5.32 Å². The van der Waals surface area contributed by atoms with Gasteiger partial charge in [-0.1, -0.05) is 153 Å². The second-order valence-corrected chi connectivity index (χ2v) is 16.0. The summed E-state index contributed by atoms with van der Waals surface area (Å²) in [4.78, 5) is 25.1. The number of phosphoric acid groups is 1. The van der Waals surface area contributed by atoms with Gasteiger partial charge in [0.05, 0.1) is 39.9 Å². The summed E-state index contributed by atoms with van der Waals surface area (Å²) in [6.07, 6.45) is 37.9. The van der Waals surface area contributed by atoms with Crippen molar-refractivity contribution < 1.29 is 32.9 Å². The molecule has 0 saturated carbocycles. The minimum absolute atomic E-state index is 0.00856. The molecular formula is C40H77N2O6P. The maximum atomic E-state index is 12.8. The number of nitrogens with one attached hydrogen (secondary N) is 1. The average molecular weight is 713 g/mol. The quantitative estimate of drug-likeness (QED) is 0.0293. The Balaban J connectivity index is 4.37. The van der Waals surface area contributed by atoms with Crippen molar-refractivity contribution in [3.05, 3.63) is 36.5 Å². The third-order valence-electron chi connectivity index (χ3n) is 8.68. The molecule has 0 fully saturated rings. The molecule has 0 rings (SSSR count). The normalized spacial score (nSPS) is 15.0. The largest absolute Gasteiger partial charge is 0.756 e. The minimum atomic E-state index is -4.59. The molecule has 0 saturated heterocycles. The molecule has 49 heavy (non-hydrogen) atoms. The van der Waals surface area contributed by atoms with Crippen LogP contribution < -0.4 is 10.2 Å². The van der Waals surface area contributed by atoms with Gasteiger partial charge in [0.2, 0.25) is 5.91 Å². The number of phosphoric ester groups is 1. The Kier molecular flexibility index (Phi) is 31.8. The van der Waals surface area contributed by atoms with E-state index < -0.39 is 26.6 Å². The Labute approximate surface area is 302 Å². The van der Waals surface area contributed by atoms with Crippen molar-refractivity contribution >= 4 is 13.7 Å². The molecule has 0 aromatic heterocycles. The van der Waals surface area contributed by atoms with Crippen LogP contribution in [0.4, 0.5) is 0 Å². The summed E-state index contributed by atoms with van der Waals surface area (Å²) in [6.45, 7) is 4.37. The highest BCUT2D eigenvalue weighted by Crippen LogP contribution is 2.38. The van der Waals surface area contributed by atoms with Crippen LogP contribution in [0.1, 0.15) is 162 Å². The highest BCUT2D eigenvalue weighted by atomic mass is 31.2. The van der Waals surface area contributed by atoms with Gasteiger partial charge in [-0.3, -0.25) is 9.36 Å². The van der Waals surface area contributed by atoms with Gasteiger partial charge in [0, 0.05) is 6.42 Å². The average Bonchev–Trinajstić information content (AvgIpc) is 3.04. The van der Waals surface area contributed by atoms with Crippen LogP contribution in [-0.2, 0) is 18.4 Å². The number of likely N-dealkylation sites (N-methyl/N-ethyl adjacent to an activating group) is 1. The molecular weight excluding hydrogens is 635 g/mol. The van der Waals surface area contributed by atoms with E-state index in [0.717, 1.165) is 44.9 Å². The molecule has 3 unspecified atom stereocenters. The lowest BCUT2D eigenvalue weighted by Gasteiger charge is -2.29. The van der Waals surface area contributed by atoms with Gasteiger partial charge in [-0.15, -0.1) is 0 Å². The number of hydrogen-bond donors (Lipinski definition) is 2. The fraction of sp³-hybridized carbons (Fsp3) is 0.825. The lowest BCUT2D eigenvalue weighted by Crippen LogP contribution is -2.45. The van der Waals surface area contributed by atoms with Crippen molar-refractivity contribution in [2.45, 2.75) is 174 Å². The molecule has 288 valence electrons. The fourth-order valence-corrected chi connectivity index (χ4v) is 6.21. The summed E-state index contributed by atoms with van der Waals surface area (Å²) in [5, 5.41) is 13.6. The molecule has 0 heterocycles. The molecule has 0 aliphatic rings. The first-order valence-electron chi connectivity index (χ1n) is 19.8. The summed E-state index contributed by atoms with van der Waals surface area (Å²) < 4.78 is 23.0. The van der Waals surface area contributed by atoms with Crippen LogP contribution in [0.5, 0.6) is 0 Å². The number of aliphatic hydroxyl groups excluding tert-OH is 1. The van der Waals surface area contributed by atoms with Gasteiger partial charge in [-0.05, 0) is 39.0 Å². The van der Waals surface area contributed by atoms with E-state index in [4.69, 9.17) is 9.05 Å². The number of allylic oxidation sites excluding steroid dienone is 5. The number of carbonyl (C=O) groups excluding carboxylic acids is 1. The summed E-state index contributed by atoms with van der Waals surface area (Å²) in [7, 11) is 1.23. The number of aliphatic hydroxyl groups is 1. The van der Waals surface area contributed by atoms with Crippen molar-refractivity contribution in [2.75, 3.05) is 40.9 Å². The molecule has 1 amide bonds. The monoisotopic (exact) mass is 713 g/mol. The van der Waals surface area contributed by atoms with Crippen LogP contribution in [0.3, 0.4) is 0 Å². The lowest BCUT2D eigenvalue weighted by atomic mass is 10.0. The van der Waals surface area contributed by atoms with E-state index in [1.807, 2.05) is 40.2 Å². The Hall–Kier alpha value is -1.28. The number of amides is 1. The zero-order valence-corrected chi connectivity index (χ0v) is 33.3. The predicted octanol–water partition coefficient (Wildman–Crippen LogP) is 9.72. The fourth-order valence-electron chi connectivity index (χ4n) is 5.48. The van der Waals surface area contributed by atoms with Crippen molar-refractivity contribution in [1.29, 1.82) is 0 Å². The summed E-state index contributed by atoms with van der Waals surface area (Å²) >= 11 is 0. The predicted molar refractivity (Wildman–Crippen MR) is 205 cm³/mol.